The van der Waals surface area contributed by atoms with Gasteiger partial charge >= 0.3 is 6.03 Å². The maximum atomic E-state index is 13.6. The second-order valence-corrected chi connectivity index (χ2v) is 9.36. The fourth-order valence-electron chi connectivity index (χ4n) is 4.48. The van der Waals surface area contributed by atoms with Crippen LogP contribution in [-0.4, -0.2) is 34.8 Å². The normalized spacial score (nSPS) is 11.4. The van der Waals surface area contributed by atoms with Gasteiger partial charge in [0.05, 0.1) is 6.04 Å². The average molecular weight is 506 g/mol. The molecule has 0 aliphatic rings. The molecule has 194 valence electrons. The number of para-hydroxylation sites is 1. The van der Waals surface area contributed by atoms with Crippen LogP contribution in [0.15, 0.2) is 121 Å². The van der Waals surface area contributed by atoms with E-state index in [1.807, 2.05) is 121 Å². The van der Waals surface area contributed by atoms with Crippen LogP contribution < -0.4 is 5.32 Å². The van der Waals surface area contributed by atoms with Gasteiger partial charge < -0.3 is 15.1 Å². The number of rotatable bonds is 11. The maximum absolute atomic E-state index is 13.6. The summed E-state index contributed by atoms with van der Waals surface area (Å²) >= 11 is 0. The quantitative estimate of drug-likeness (QED) is 0.240. The molecule has 0 bridgehead atoms. The summed E-state index contributed by atoms with van der Waals surface area (Å²) in [7, 11) is 0. The fraction of sp³-hybridized carbons (Fsp3) is 0.212. The Kier molecular flexibility index (Phi) is 9.69. The lowest BCUT2D eigenvalue weighted by molar-refractivity contribution is -0.132. The minimum Gasteiger partial charge on any atom is -0.338 e. The van der Waals surface area contributed by atoms with Gasteiger partial charge in [-0.25, -0.2) is 4.79 Å². The first-order chi connectivity index (χ1) is 18.6. The van der Waals surface area contributed by atoms with E-state index in [0.717, 1.165) is 23.2 Å². The molecule has 5 heteroatoms. The lowest BCUT2D eigenvalue weighted by Crippen LogP contribution is -2.41. The highest BCUT2D eigenvalue weighted by molar-refractivity contribution is 5.90. The standard InChI is InChI=1S/C33H35N3O2/c1-27(30-18-10-4-11-19-30)36(33(38)34-31-20-12-5-13-21-31)25-23-32(37)35(26-29-16-8-3-9-17-29)24-22-28-14-6-2-7-15-28/h2-21,27H,22-26H2,1H3,(H,34,38). The summed E-state index contributed by atoms with van der Waals surface area (Å²) in [5, 5.41) is 2.99. The number of amides is 3. The molecule has 1 atom stereocenters. The van der Waals surface area contributed by atoms with Gasteiger partial charge in [0, 0.05) is 31.7 Å². The summed E-state index contributed by atoms with van der Waals surface area (Å²) < 4.78 is 0. The predicted molar refractivity (Wildman–Crippen MR) is 154 cm³/mol. The SMILES string of the molecule is CC(c1ccccc1)N(CCC(=O)N(CCc1ccccc1)Cc1ccccc1)C(=O)Nc1ccccc1. The van der Waals surface area contributed by atoms with Crippen molar-refractivity contribution >= 4 is 17.6 Å². The zero-order chi connectivity index (χ0) is 26.6. The molecule has 3 amide bonds. The molecule has 0 heterocycles. The summed E-state index contributed by atoms with van der Waals surface area (Å²) in [5.41, 5.74) is 4.03. The van der Waals surface area contributed by atoms with Crippen molar-refractivity contribution in [2.75, 3.05) is 18.4 Å². The molecular formula is C33H35N3O2. The molecule has 4 rings (SSSR count). The third-order valence-electron chi connectivity index (χ3n) is 6.68. The van der Waals surface area contributed by atoms with E-state index in [4.69, 9.17) is 0 Å². The van der Waals surface area contributed by atoms with E-state index < -0.39 is 0 Å². The van der Waals surface area contributed by atoms with E-state index in [0.29, 0.717) is 19.6 Å². The summed E-state index contributed by atoms with van der Waals surface area (Å²) in [4.78, 5) is 30.6. The lowest BCUT2D eigenvalue weighted by atomic mass is 10.1. The van der Waals surface area contributed by atoms with Gasteiger partial charge in [0.15, 0.2) is 0 Å². The van der Waals surface area contributed by atoms with Crippen molar-refractivity contribution in [2.45, 2.75) is 32.4 Å². The first-order valence-corrected chi connectivity index (χ1v) is 13.1. The minimum absolute atomic E-state index is 0.0301. The molecule has 0 saturated heterocycles. The first kappa shape index (κ1) is 26.7. The summed E-state index contributed by atoms with van der Waals surface area (Å²) in [6.45, 7) is 3.46. The number of hydrogen-bond donors (Lipinski definition) is 1. The van der Waals surface area contributed by atoms with Gasteiger partial charge in [0.2, 0.25) is 5.91 Å². The Hall–Kier alpha value is -4.38. The number of urea groups is 1. The molecule has 0 aliphatic carbocycles. The third-order valence-corrected chi connectivity index (χ3v) is 6.68. The van der Waals surface area contributed by atoms with Crippen molar-refractivity contribution in [3.8, 4) is 0 Å². The zero-order valence-corrected chi connectivity index (χ0v) is 21.9. The Balaban J connectivity index is 1.48. The van der Waals surface area contributed by atoms with Crippen molar-refractivity contribution in [1.29, 1.82) is 0 Å². The molecule has 38 heavy (non-hydrogen) atoms. The highest BCUT2D eigenvalue weighted by Gasteiger charge is 2.24. The number of nitrogens with zero attached hydrogens (tertiary/aromatic N) is 2. The molecule has 0 fully saturated rings. The van der Waals surface area contributed by atoms with Crippen LogP contribution in [0.2, 0.25) is 0 Å². The van der Waals surface area contributed by atoms with Crippen molar-refractivity contribution < 1.29 is 9.59 Å². The molecule has 1 N–H and O–H groups in total. The second-order valence-electron chi connectivity index (χ2n) is 9.36. The Morgan fingerprint density at radius 1 is 0.684 bits per heavy atom. The van der Waals surface area contributed by atoms with E-state index in [-0.39, 0.29) is 24.4 Å². The highest BCUT2D eigenvalue weighted by Crippen LogP contribution is 2.22. The molecule has 1 unspecified atom stereocenters. The lowest BCUT2D eigenvalue weighted by Gasteiger charge is -2.31. The van der Waals surface area contributed by atoms with Gasteiger partial charge in [0.1, 0.15) is 0 Å². The smallest absolute Gasteiger partial charge is 0.322 e. The molecule has 0 saturated carbocycles. The van der Waals surface area contributed by atoms with E-state index in [1.54, 1.807) is 4.90 Å². The monoisotopic (exact) mass is 505 g/mol. The van der Waals surface area contributed by atoms with Gasteiger partial charge in [-0.1, -0.05) is 109 Å². The second kappa shape index (κ2) is 13.8. The number of nitrogens with one attached hydrogen (secondary N) is 1. The first-order valence-electron chi connectivity index (χ1n) is 13.1. The topological polar surface area (TPSA) is 52.7 Å². The number of hydrogen-bond acceptors (Lipinski definition) is 2. The largest absolute Gasteiger partial charge is 0.338 e. The Morgan fingerprint density at radius 3 is 1.82 bits per heavy atom. The van der Waals surface area contributed by atoms with Crippen LogP contribution in [-0.2, 0) is 17.8 Å². The Bertz CT molecular complexity index is 1260. The van der Waals surface area contributed by atoms with Crippen molar-refractivity contribution in [3.63, 3.8) is 0 Å². The zero-order valence-electron chi connectivity index (χ0n) is 21.9. The molecule has 0 aromatic heterocycles. The van der Waals surface area contributed by atoms with Crippen LogP contribution in [0, 0.1) is 0 Å². The third kappa shape index (κ3) is 7.81. The Morgan fingerprint density at radius 2 is 1.21 bits per heavy atom. The fourth-order valence-corrected chi connectivity index (χ4v) is 4.48. The van der Waals surface area contributed by atoms with Gasteiger partial charge in [-0.15, -0.1) is 0 Å². The van der Waals surface area contributed by atoms with Gasteiger partial charge in [-0.05, 0) is 42.2 Å². The average Bonchev–Trinajstić information content (AvgIpc) is 2.97. The van der Waals surface area contributed by atoms with Gasteiger partial charge in [-0.2, -0.15) is 0 Å². The van der Waals surface area contributed by atoms with Crippen molar-refractivity contribution in [2.24, 2.45) is 0 Å². The van der Waals surface area contributed by atoms with Crippen LogP contribution >= 0.6 is 0 Å². The summed E-state index contributed by atoms with van der Waals surface area (Å²) in [5.74, 6) is 0.0301. The van der Waals surface area contributed by atoms with Crippen LogP contribution in [0.4, 0.5) is 10.5 Å². The molecule has 0 spiro atoms. The van der Waals surface area contributed by atoms with Crippen LogP contribution in [0.5, 0.6) is 0 Å². The van der Waals surface area contributed by atoms with Crippen LogP contribution in [0.25, 0.3) is 0 Å². The van der Waals surface area contributed by atoms with Crippen molar-refractivity contribution in [3.05, 3.63) is 138 Å². The molecule has 4 aromatic carbocycles. The molecule has 0 aliphatic heterocycles. The highest BCUT2D eigenvalue weighted by atomic mass is 16.2. The molecule has 4 aromatic rings. The van der Waals surface area contributed by atoms with Gasteiger partial charge in [0.25, 0.3) is 0 Å². The summed E-state index contributed by atoms with van der Waals surface area (Å²) in [6.07, 6.45) is 1.01. The number of benzene rings is 4. The molecule has 5 nitrogen and oxygen atoms in total. The van der Waals surface area contributed by atoms with Crippen LogP contribution in [0.1, 0.15) is 36.1 Å². The van der Waals surface area contributed by atoms with E-state index >= 15 is 0 Å². The van der Waals surface area contributed by atoms with E-state index in [1.165, 1.54) is 5.56 Å². The predicted octanol–water partition coefficient (Wildman–Crippen LogP) is 6.94. The number of carbonyl (C=O) groups is 2. The number of carbonyl (C=O) groups excluding carboxylic acids is 2. The Labute approximate surface area is 225 Å². The van der Waals surface area contributed by atoms with E-state index in [2.05, 4.69) is 17.4 Å². The molecule has 0 radical (unpaired) electrons. The van der Waals surface area contributed by atoms with E-state index in [9.17, 15) is 9.59 Å². The maximum Gasteiger partial charge on any atom is 0.322 e. The molecular weight excluding hydrogens is 470 g/mol. The van der Waals surface area contributed by atoms with Gasteiger partial charge in [-0.3, -0.25) is 4.79 Å². The van der Waals surface area contributed by atoms with Crippen LogP contribution in [0.3, 0.4) is 0 Å². The minimum atomic E-state index is -0.223. The number of anilines is 1. The summed E-state index contributed by atoms with van der Waals surface area (Å²) in [6, 6.07) is 39.2. The van der Waals surface area contributed by atoms with Crippen molar-refractivity contribution in [1.82, 2.24) is 9.80 Å².